The number of alkyl halides is 3. The third-order valence-corrected chi connectivity index (χ3v) is 6.10. The molecule has 1 atom stereocenters. The van der Waals surface area contributed by atoms with Crippen molar-refractivity contribution in [2.45, 2.75) is 76.8 Å². The highest BCUT2D eigenvalue weighted by molar-refractivity contribution is 5.74. The molecule has 0 bridgehead atoms. The first-order valence-electron chi connectivity index (χ1n) is 12.1. The number of nitrogens with zero attached hydrogens (tertiary/aromatic N) is 3. The summed E-state index contributed by atoms with van der Waals surface area (Å²) >= 11 is 0. The number of aromatic nitrogens is 2. The number of ether oxygens (including phenoxy) is 1. The first-order valence-corrected chi connectivity index (χ1v) is 12.1. The van der Waals surface area contributed by atoms with Gasteiger partial charge in [-0.1, -0.05) is 50.6 Å². The molecule has 3 rings (SSSR count). The fourth-order valence-corrected chi connectivity index (χ4v) is 4.17. The summed E-state index contributed by atoms with van der Waals surface area (Å²) in [5, 5.41) is 11.5. The standard InChI is InChI=1S/C24H34F3N5O2/c1-2-3-4-5-6-7-8-14-33-20-12-11-17(15-19(20)24(25,26)27)21-30-22(34-31-21)18-10-9-13-32(16-18)23(28)29/h11-12,15,18H,2-10,13-14,16H2,1H3,(H3,28,29). The van der Waals surface area contributed by atoms with Gasteiger partial charge in [0.1, 0.15) is 5.75 Å². The summed E-state index contributed by atoms with van der Waals surface area (Å²) in [5.74, 6) is 0.111. The first-order chi connectivity index (χ1) is 16.3. The SMILES string of the molecule is CCCCCCCCCOc1ccc(-c2noc(C3CCCN(C(=N)N)C3)n2)cc1C(F)(F)F. The number of rotatable bonds is 11. The van der Waals surface area contributed by atoms with E-state index in [2.05, 4.69) is 17.1 Å². The molecule has 10 heteroatoms. The Bertz CT molecular complexity index is 932. The summed E-state index contributed by atoms with van der Waals surface area (Å²) in [6.07, 6.45) is 4.51. The van der Waals surface area contributed by atoms with Gasteiger partial charge in [-0.05, 0) is 37.5 Å². The molecule has 0 aliphatic carbocycles. The molecule has 0 radical (unpaired) electrons. The summed E-state index contributed by atoms with van der Waals surface area (Å²) in [5.41, 5.74) is 4.94. The zero-order valence-corrected chi connectivity index (χ0v) is 19.7. The molecular formula is C24H34F3N5O2. The molecule has 1 aliphatic rings. The Balaban J connectivity index is 1.64. The number of guanidine groups is 1. The molecule has 1 unspecified atom stereocenters. The van der Waals surface area contributed by atoms with Crippen LogP contribution < -0.4 is 10.5 Å². The van der Waals surface area contributed by atoms with Gasteiger partial charge in [0.25, 0.3) is 0 Å². The monoisotopic (exact) mass is 481 g/mol. The predicted molar refractivity (Wildman–Crippen MR) is 124 cm³/mol. The number of unbranched alkanes of at least 4 members (excludes halogenated alkanes) is 6. The van der Waals surface area contributed by atoms with Crippen molar-refractivity contribution in [1.82, 2.24) is 15.0 Å². The molecule has 1 aromatic heterocycles. The Labute approximate surface area is 198 Å². The van der Waals surface area contributed by atoms with E-state index in [1.165, 1.54) is 31.4 Å². The number of hydrogen-bond donors (Lipinski definition) is 2. The molecule has 0 saturated carbocycles. The lowest BCUT2D eigenvalue weighted by molar-refractivity contribution is -0.138. The van der Waals surface area contributed by atoms with E-state index in [0.717, 1.165) is 44.6 Å². The summed E-state index contributed by atoms with van der Waals surface area (Å²) in [6.45, 7) is 3.56. The fraction of sp³-hybridized carbons (Fsp3) is 0.625. The molecule has 188 valence electrons. The van der Waals surface area contributed by atoms with Crippen LogP contribution in [0, 0.1) is 5.41 Å². The minimum Gasteiger partial charge on any atom is -0.493 e. The van der Waals surface area contributed by atoms with Gasteiger partial charge in [0.05, 0.1) is 18.1 Å². The van der Waals surface area contributed by atoms with Gasteiger partial charge in [-0.15, -0.1) is 0 Å². The van der Waals surface area contributed by atoms with Crippen LogP contribution in [0.5, 0.6) is 5.75 Å². The van der Waals surface area contributed by atoms with E-state index in [9.17, 15) is 13.2 Å². The summed E-state index contributed by atoms with van der Waals surface area (Å²) in [6, 6.07) is 3.86. The largest absolute Gasteiger partial charge is 0.493 e. The van der Waals surface area contributed by atoms with Crippen molar-refractivity contribution in [3.05, 3.63) is 29.7 Å². The van der Waals surface area contributed by atoms with Gasteiger partial charge < -0.3 is 19.9 Å². The molecule has 1 aliphatic heterocycles. The molecule has 34 heavy (non-hydrogen) atoms. The van der Waals surface area contributed by atoms with Crippen LogP contribution in [0.1, 0.15) is 82.1 Å². The smallest absolute Gasteiger partial charge is 0.419 e. The first kappa shape index (κ1) is 25.8. The average molecular weight is 482 g/mol. The molecule has 7 nitrogen and oxygen atoms in total. The van der Waals surface area contributed by atoms with Crippen LogP contribution in [0.4, 0.5) is 13.2 Å². The average Bonchev–Trinajstić information content (AvgIpc) is 3.31. The second-order valence-corrected chi connectivity index (χ2v) is 8.81. The number of hydrogen-bond acceptors (Lipinski definition) is 5. The molecule has 3 N–H and O–H groups in total. The van der Waals surface area contributed by atoms with Crippen molar-refractivity contribution in [1.29, 1.82) is 5.41 Å². The van der Waals surface area contributed by atoms with Crippen LogP contribution >= 0.6 is 0 Å². The Kier molecular flexibility index (Phi) is 9.18. The molecule has 2 heterocycles. The lowest BCUT2D eigenvalue weighted by atomic mass is 9.98. The zero-order chi connectivity index (χ0) is 24.6. The summed E-state index contributed by atoms with van der Waals surface area (Å²) in [4.78, 5) is 6.06. The second kappa shape index (κ2) is 12.1. The topological polar surface area (TPSA) is 101 Å². The van der Waals surface area contributed by atoms with E-state index in [1.54, 1.807) is 4.90 Å². The van der Waals surface area contributed by atoms with E-state index in [-0.39, 0.29) is 35.6 Å². The number of nitrogens with one attached hydrogen (secondary N) is 1. The van der Waals surface area contributed by atoms with E-state index in [0.29, 0.717) is 19.0 Å². The maximum Gasteiger partial charge on any atom is 0.419 e. The van der Waals surface area contributed by atoms with Gasteiger partial charge in [0, 0.05) is 18.7 Å². The summed E-state index contributed by atoms with van der Waals surface area (Å²) in [7, 11) is 0. The van der Waals surface area contributed by atoms with Crippen molar-refractivity contribution in [3.63, 3.8) is 0 Å². The van der Waals surface area contributed by atoms with Crippen molar-refractivity contribution in [2.75, 3.05) is 19.7 Å². The van der Waals surface area contributed by atoms with Gasteiger partial charge in [-0.3, -0.25) is 5.41 Å². The second-order valence-electron chi connectivity index (χ2n) is 8.81. The van der Waals surface area contributed by atoms with Crippen molar-refractivity contribution in [2.24, 2.45) is 5.73 Å². The minimum atomic E-state index is -4.57. The van der Waals surface area contributed by atoms with E-state index in [1.807, 2.05) is 0 Å². The Morgan fingerprint density at radius 2 is 1.94 bits per heavy atom. The maximum absolute atomic E-state index is 13.7. The lowest BCUT2D eigenvalue weighted by Crippen LogP contribution is -2.42. The van der Waals surface area contributed by atoms with Gasteiger partial charge >= 0.3 is 6.18 Å². The van der Waals surface area contributed by atoms with Crippen molar-refractivity contribution < 1.29 is 22.4 Å². The van der Waals surface area contributed by atoms with Crippen molar-refractivity contribution in [3.8, 4) is 17.1 Å². The molecule has 0 amide bonds. The van der Waals surface area contributed by atoms with Crippen LogP contribution in [0.15, 0.2) is 22.7 Å². The molecule has 2 aromatic rings. The zero-order valence-electron chi connectivity index (χ0n) is 19.7. The number of nitrogens with two attached hydrogens (primary N) is 1. The summed E-state index contributed by atoms with van der Waals surface area (Å²) < 4.78 is 52.0. The third kappa shape index (κ3) is 7.11. The minimum absolute atomic E-state index is 0.0219. The van der Waals surface area contributed by atoms with Crippen LogP contribution in [0.2, 0.25) is 0 Å². The molecule has 0 spiro atoms. The Hall–Kier alpha value is -2.78. The number of benzene rings is 1. The highest BCUT2D eigenvalue weighted by Gasteiger charge is 2.35. The van der Waals surface area contributed by atoms with Crippen LogP contribution in [-0.4, -0.2) is 40.7 Å². The number of likely N-dealkylation sites (tertiary alicyclic amines) is 1. The van der Waals surface area contributed by atoms with Gasteiger partial charge in [-0.25, -0.2) is 0 Å². The third-order valence-electron chi connectivity index (χ3n) is 6.10. The molecule has 1 aromatic carbocycles. The van der Waals surface area contributed by atoms with Gasteiger partial charge in [0.2, 0.25) is 11.7 Å². The molecular weight excluding hydrogens is 447 g/mol. The number of piperidine rings is 1. The predicted octanol–water partition coefficient (Wildman–Crippen LogP) is 5.96. The lowest BCUT2D eigenvalue weighted by Gasteiger charge is -2.30. The highest BCUT2D eigenvalue weighted by atomic mass is 19.4. The van der Waals surface area contributed by atoms with E-state index in [4.69, 9.17) is 20.4 Å². The van der Waals surface area contributed by atoms with E-state index < -0.39 is 11.7 Å². The Morgan fingerprint density at radius 1 is 1.21 bits per heavy atom. The Morgan fingerprint density at radius 3 is 2.65 bits per heavy atom. The highest BCUT2D eigenvalue weighted by Crippen LogP contribution is 2.39. The van der Waals surface area contributed by atoms with Crippen molar-refractivity contribution >= 4 is 5.96 Å². The van der Waals surface area contributed by atoms with E-state index >= 15 is 0 Å². The van der Waals surface area contributed by atoms with Crippen LogP contribution in [0.25, 0.3) is 11.4 Å². The quantitative estimate of drug-likeness (QED) is 0.233. The normalized spacial score (nSPS) is 16.6. The maximum atomic E-state index is 13.7. The van der Waals surface area contributed by atoms with Crippen LogP contribution in [-0.2, 0) is 6.18 Å². The van der Waals surface area contributed by atoms with Crippen LogP contribution in [0.3, 0.4) is 0 Å². The molecule has 1 saturated heterocycles. The molecule has 1 fully saturated rings. The fourth-order valence-electron chi connectivity index (χ4n) is 4.17. The number of halogens is 3. The van der Waals surface area contributed by atoms with Gasteiger partial charge in [0.15, 0.2) is 5.96 Å². The van der Waals surface area contributed by atoms with Gasteiger partial charge in [-0.2, -0.15) is 18.2 Å².